The van der Waals surface area contributed by atoms with Gasteiger partial charge < -0.3 is 15.7 Å². The van der Waals surface area contributed by atoms with Gasteiger partial charge in [-0.15, -0.1) is 0 Å². The van der Waals surface area contributed by atoms with Gasteiger partial charge in [0.15, 0.2) is 0 Å². The molecule has 0 heterocycles. The first-order chi connectivity index (χ1) is 9.97. The van der Waals surface area contributed by atoms with Gasteiger partial charge in [0.05, 0.1) is 5.69 Å². The molecule has 0 saturated carbocycles. The van der Waals surface area contributed by atoms with Crippen LogP contribution in [-0.2, 0) is 9.59 Å². The Morgan fingerprint density at radius 2 is 1.62 bits per heavy atom. The average molecular weight is 349 g/mol. The highest BCUT2D eigenvalue weighted by Crippen LogP contribution is 2.22. The van der Waals surface area contributed by atoms with Gasteiger partial charge in [0.1, 0.15) is 5.75 Å². The number of phenolic OH excluding ortho intramolecular Hbond substituents is 1. The van der Waals surface area contributed by atoms with Crippen LogP contribution in [0.4, 0.5) is 11.4 Å². The summed E-state index contributed by atoms with van der Waals surface area (Å²) in [7, 11) is 0. The first-order valence-corrected chi connectivity index (χ1v) is 6.93. The van der Waals surface area contributed by atoms with E-state index in [-0.39, 0.29) is 11.4 Å². The first-order valence-electron chi connectivity index (χ1n) is 6.14. The van der Waals surface area contributed by atoms with Crippen LogP contribution in [0.1, 0.15) is 5.56 Å². The van der Waals surface area contributed by atoms with E-state index in [0.717, 1.165) is 10.0 Å². The third kappa shape index (κ3) is 3.82. The molecule has 0 unspecified atom stereocenters. The summed E-state index contributed by atoms with van der Waals surface area (Å²) in [6.07, 6.45) is 0. The van der Waals surface area contributed by atoms with Crippen LogP contribution in [0, 0.1) is 6.92 Å². The van der Waals surface area contributed by atoms with Crippen LogP contribution in [-0.4, -0.2) is 16.9 Å². The molecule has 0 atom stereocenters. The smallest absolute Gasteiger partial charge is 0.314 e. The van der Waals surface area contributed by atoms with Crippen LogP contribution in [0.5, 0.6) is 5.75 Å². The van der Waals surface area contributed by atoms with Crippen molar-refractivity contribution in [3.63, 3.8) is 0 Å². The summed E-state index contributed by atoms with van der Waals surface area (Å²) in [5.74, 6) is -1.75. The minimum absolute atomic E-state index is 0.0986. The van der Waals surface area contributed by atoms with Crippen molar-refractivity contribution in [1.82, 2.24) is 0 Å². The topological polar surface area (TPSA) is 78.4 Å². The number of benzene rings is 2. The highest BCUT2D eigenvalue weighted by atomic mass is 79.9. The molecule has 2 rings (SSSR count). The lowest BCUT2D eigenvalue weighted by molar-refractivity contribution is -0.133. The van der Waals surface area contributed by atoms with E-state index >= 15 is 0 Å². The van der Waals surface area contributed by atoms with Gasteiger partial charge in [0.25, 0.3) is 0 Å². The van der Waals surface area contributed by atoms with Crippen molar-refractivity contribution >= 4 is 39.1 Å². The molecule has 108 valence electrons. The van der Waals surface area contributed by atoms with E-state index in [0.29, 0.717) is 5.69 Å². The van der Waals surface area contributed by atoms with Crippen LogP contribution in [0.3, 0.4) is 0 Å². The van der Waals surface area contributed by atoms with E-state index in [1.54, 1.807) is 24.3 Å². The molecule has 0 spiro atoms. The molecule has 0 aliphatic rings. The molecule has 0 radical (unpaired) electrons. The second-order valence-electron chi connectivity index (χ2n) is 4.38. The fourth-order valence-corrected chi connectivity index (χ4v) is 2.18. The van der Waals surface area contributed by atoms with E-state index in [9.17, 15) is 14.7 Å². The van der Waals surface area contributed by atoms with Gasteiger partial charge in [-0.3, -0.25) is 9.59 Å². The lowest BCUT2D eigenvalue weighted by atomic mass is 10.2. The number of amides is 2. The molecule has 0 aliphatic heterocycles. The number of aryl methyl sites for hydroxylation is 1. The minimum Gasteiger partial charge on any atom is -0.506 e. The van der Waals surface area contributed by atoms with Gasteiger partial charge in [-0.1, -0.05) is 28.1 Å². The monoisotopic (exact) mass is 348 g/mol. The van der Waals surface area contributed by atoms with Gasteiger partial charge >= 0.3 is 11.8 Å². The van der Waals surface area contributed by atoms with Crippen molar-refractivity contribution in [2.24, 2.45) is 0 Å². The van der Waals surface area contributed by atoms with E-state index in [1.807, 2.05) is 13.0 Å². The van der Waals surface area contributed by atoms with Crippen LogP contribution >= 0.6 is 15.9 Å². The molecule has 0 saturated heterocycles. The molecule has 6 heteroatoms. The second-order valence-corrected chi connectivity index (χ2v) is 5.30. The lowest BCUT2D eigenvalue weighted by Crippen LogP contribution is -2.29. The van der Waals surface area contributed by atoms with Crippen molar-refractivity contribution < 1.29 is 14.7 Å². The molecule has 0 fully saturated rings. The quantitative estimate of drug-likeness (QED) is 0.576. The first kappa shape index (κ1) is 15.1. The summed E-state index contributed by atoms with van der Waals surface area (Å²) in [5, 5.41) is 14.4. The maximum Gasteiger partial charge on any atom is 0.314 e. The molecule has 0 aliphatic carbocycles. The Morgan fingerprint density at radius 1 is 1.00 bits per heavy atom. The Hall–Kier alpha value is -2.34. The lowest BCUT2D eigenvalue weighted by Gasteiger charge is -2.09. The molecule has 0 bridgehead atoms. The third-order valence-electron chi connectivity index (χ3n) is 2.80. The molecule has 2 amide bonds. The van der Waals surface area contributed by atoms with Crippen molar-refractivity contribution in [2.75, 3.05) is 10.6 Å². The largest absolute Gasteiger partial charge is 0.506 e. The van der Waals surface area contributed by atoms with Crippen LogP contribution < -0.4 is 10.6 Å². The Morgan fingerprint density at radius 3 is 2.24 bits per heavy atom. The van der Waals surface area contributed by atoms with Crippen molar-refractivity contribution in [2.45, 2.75) is 6.92 Å². The summed E-state index contributed by atoms with van der Waals surface area (Å²) < 4.78 is 0.886. The SMILES string of the molecule is Cc1cc(Br)ccc1NC(=O)C(=O)Nc1ccccc1O. The van der Waals surface area contributed by atoms with E-state index < -0.39 is 11.8 Å². The normalized spacial score (nSPS) is 10.0. The molecule has 0 aromatic heterocycles. The number of nitrogens with one attached hydrogen (secondary N) is 2. The molecule has 2 aromatic carbocycles. The van der Waals surface area contributed by atoms with Crippen LogP contribution in [0.25, 0.3) is 0 Å². The zero-order valence-electron chi connectivity index (χ0n) is 11.2. The molecular weight excluding hydrogens is 336 g/mol. The Kier molecular flexibility index (Phi) is 4.59. The zero-order valence-corrected chi connectivity index (χ0v) is 12.8. The van der Waals surface area contributed by atoms with Gasteiger partial charge in [-0.05, 0) is 42.8 Å². The molecule has 3 N–H and O–H groups in total. The number of rotatable bonds is 2. The summed E-state index contributed by atoms with van der Waals surface area (Å²) in [6, 6.07) is 11.5. The number of carbonyl (C=O) groups excluding carboxylic acids is 2. The highest BCUT2D eigenvalue weighted by Gasteiger charge is 2.16. The summed E-state index contributed by atoms with van der Waals surface area (Å²) >= 11 is 3.32. The molecule has 2 aromatic rings. The molecule has 5 nitrogen and oxygen atoms in total. The molecule has 21 heavy (non-hydrogen) atoms. The number of para-hydroxylation sites is 2. The van der Waals surface area contributed by atoms with Crippen LogP contribution in [0.15, 0.2) is 46.9 Å². The number of hydrogen-bond acceptors (Lipinski definition) is 3. The van der Waals surface area contributed by atoms with E-state index in [1.165, 1.54) is 12.1 Å². The van der Waals surface area contributed by atoms with Crippen molar-refractivity contribution in [3.05, 3.63) is 52.5 Å². The Bertz CT molecular complexity index is 701. The summed E-state index contributed by atoms with van der Waals surface area (Å²) in [5.41, 5.74) is 1.56. The fourth-order valence-electron chi connectivity index (χ4n) is 1.70. The number of hydrogen-bond donors (Lipinski definition) is 3. The van der Waals surface area contributed by atoms with Crippen LogP contribution in [0.2, 0.25) is 0 Å². The zero-order chi connectivity index (χ0) is 15.4. The maximum atomic E-state index is 11.8. The second kappa shape index (κ2) is 6.41. The number of carbonyl (C=O) groups is 2. The Balaban J connectivity index is 2.06. The number of aromatic hydroxyl groups is 1. The number of anilines is 2. The van der Waals surface area contributed by atoms with E-state index in [2.05, 4.69) is 26.6 Å². The van der Waals surface area contributed by atoms with Gasteiger partial charge in [0, 0.05) is 10.2 Å². The van der Waals surface area contributed by atoms with E-state index in [4.69, 9.17) is 0 Å². The van der Waals surface area contributed by atoms with Gasteiger partial charge in [-0.2, -0.15) is 0 Å². The fraction of sp³-hybridized carbons (Fsp3) is 0.0667. The summed E-state index contributed by atoms with van der Waals surface area (Å²) in [6.45, 7) is 1.82. The number of halogens is 1. The van der Waals surface area contributed by atoms with Gasteiger partial charge in [0.2, 0.25) is 0 Å². The van der Waals surface area contributed by atoms with Gasteiger partial charge in [-0.25, -0.2) is 0 Å². The van der Waals surface area contributed by atoms with Crippen molar-refractivity contribution in [3.8, 4) is 5.75 Å². The third-order valence-corrected chi connectivity index (χ3v) is 3.29. The van der Waals surface area contributed by atoms with Crippen molar-refractivity contribution in [1.29, 1.82) is 0 Å². The predicted molar refractivity (Wildman–Crippen MR) is 84.2 cm³/mol. The minimum atomic E-state index is -0.848. The maximum absolute atomic E-state index is 11.8. The molecular formula is C15H13BrN2O3. The number of phenols is 1. The Labute approximate surface area is 130 Å². The standard InChI is InChI=1S/C15H13BrN2O3/c1-9-8-10(16)6-7-11(9)17-14(20)15(21)18-12-4-2-3-5-13(12)19/h2-8,19H,1H3,(H,17,20)(H,18,21). The predicted octanol–water partition coefficient (Wildman–Crippen LogP) is 3.04. The average Bonchev–Trinajstić information content (AvgIpc) is 2.44. The highest BCUT2D eigenvalue weighted by molar-refractivity contribution is 9.10. The summed E-state index contributed by atoms with van der Waals surface area (Å²) in [4.78, 5) is 23.7.